The monoisotopic (exact) mass is 266 g/mol. The number of nitrogens with zero attached hydrogens (tertiary/aromatic N) is 1. The van der Waals surface area contributed by atoms with E-state index >= 15 is 0 Å². The van der Waals surface area contributed by atoms with Crippen LogP contribution in [0.25, 0.3) is 0 Å². The first-order valence-corrected chi connectivity index (χ1v) is 7.40. The molecule has 3 rings (SSSR count). The van der Waals surface area contributed by atoms with Gasteiger partial charge in [0.1, 0.15) is 0 Å². The van der Waals surface area contributed by atoms with Crippen molar-refractivity contribution in [3.8, 4) is 0 Å². The van der Waals surface area contributed by atoms with Gasteiger partial charge in [-0.25, -0.2) is 0 Å². The minimum atomic E-state index is -1.00. The third-order valence-electron chi connectivity index (χ3n) is 4.63. The van der Waals surface area contributed by atoms with E-state index in [0.29, 0.717) is 11.2 Å². The molecule has 18 heavy (non-hydrogen) atoms. The summed E-state index contributed by atoms with van der Waals surface area (Å²) in [6.45, 7) is 3.13. The van der Waals surface area contributed by atoms with Crippen molar-refractivity contribution in [1.29, 1.82) is 0 Å². The van der Waals surface area contributed by atoms with Gasteiger partial charge in [-0.1, -0.05) is 18.2 Å². The van der Waals surface area contributed by atoms with Crippen LogP contribution in [0.2, 0.25) is 0 Å². The van der Waals surface area contributed by atoms with Crippen LogP contribution >= 0.6 is 11.8 Å². The largest absolute Gasteiger partial charge is 0.361 e. The Morgan fingerprint density at radius 2 is 2.22 bits per heavy atom. The molecule has 1 heterocycles. The second-order valence-corrected chi connectivity index (χ2v) is 7.25. The summed E-state index contributed by atoms with van der Waals surface area (Å²) >= 11 is 1.28. The molecule has 0 radical (unpaired) electrons. The number of aliphatic imine (C=N–C) groups is 1. The van der Waals surface area contributed by atoms with Crippen LogP contribution in [0.5, 0.6) is 0 Å². The maximum absolute atomic E-state index is 11.8. The Bertz CT molecular complexity index is 448. The van der Waals surface area contributed by atoms with Crippen molar-refractivity contribution < 1.29 is 9.59 Å². The molecule has 2 fully saturated rings. The van der Waals surface area contributed by atoms with Crippen molar-refractivity contribution in [2.24, 2.45) is 16.8 Å². The summed E-state index contributed by atoms with van der Waals surface area (Å²) in [6, 6.07) is 0.456. The van der Waals surface area contributed by atoms with Gasteiger partial charge in [0.2, 0.25) is 0 Å². The molecule has 1 unspecified atom stereocenters. The van der Waals surface area contributed by atoms with E-state index in [1.165, 1.54) is 44.4 Å². The van der Waals surface area contributed by atoms with Gasteiger partial charge in [-0.15, -0.1) is 0 Å². The molecule has 98 valence electrons. The first kappa shape index (κ1) is 12.2. The second-order valence-electron chi connectivity index (χ2n) is 5.84. The summed E-state index contributed by atoms with van der Waals surface area (Å²) in [7, 11) is 0. The van der Waals surface area contributed by atoms with Gasteiger partial charge in [0.15, 0.2) is 15.7 Å². The van der Waals surface area contributed by atoms with Gasteiger partial charge in [0.25, 0.3) is 5.91 Å². The highest BCUT2D eigenvalue weighted by Gasteiger charge is 2.47. The number of nitrogens with one attached hydrogen (secondary N) is 1. The smallest absolute Gasteiger partial charge is 0.272 e. The average Bonchev–Trinajstić information content (AvgIpc) is 2.95. The standard InChI is InChI=1S/C13H18N2O2S/c1-7(16)13(2)11(17)15-12(18-13)14-10-6-8-3-4-9(10)5-8/h8-10H,3-6H2,1-2H3,(H,14,15,17)/t8-,9+,10+,13?/m1/s1. The molecule has 0 aromatic carbocycles. The number of hydrogen-bond donors (Lipinski definition) is 1. The summed E-state index contributed by atoms with van der Waals surface area (Å²) < 4.78 is -1.00. The fourth-order valence-corrected chi connectivity index (χ4v) is 4.33. The van der Waals surface area contributed by atoms with Crippen LogP contribution in [-0.4, -0.2) is 27.6 Å². The predicted molar refractivity (Wildman–Crippen MR) is 71.5 cm³/mol. The van der Waals surface area contributed by atoms with E-state index in [-0.39, 0.29) is 11.7 Å². The zero-order valence-electron chi connectivity index (χ0n) is 10.7. The molecule has 4 nitrogen and oxygen atoms in total. The average molecular weight is 266 g/mol. The lowest BCUT2D eigenvalue weighted by atomic mass is 9.96. The Labute approximate surface area is 111 Å². The number of carbonyl (C=O) groups excluding carboxylic acids is 2. The molecule has 0 aromatic rings. The van der Waals surface area contributed by atoms with Gasteiger partial charge >= 0.3 is 0 Å². The molecule has 3 aliphatic rings. The molecule has 2 bridgehead atoms. The number of thioether (sulfide) groups is 1. The van der Waals surface area contributed by atoms with Crippen molar-refractivity contribution in [2.45, 2.75) is 50.3 Å². The van der Waals surface area contributed by atoms with E-state index < -0.39 is 4.75 Å². The van der Waals surface area contributed by atoms with Crippen LogP contribution in [0.1, 0.15) is 39.5 Å². The lowest BCUT2D eigenvalue weighted by Gasteiger charge is -2.24. The molecule has 1 amide bonds. The first-order valence-electron chi connectivity index (χ1n) is 6.59. The highest BCUT2D eigenvalue weighted by Crippen LogP contribution is 2.45. The Hall–Kier alpha value is -0.840. The maximum atomic E-state index is 11.8. The van der Waals surface area contributed by atoms with Gasteiger partial charge in [0, 0.05) is 6.04 Å². The van der Waals surface area contributed by atoms with Crippen LogP contribution in [0.4, 0.5) is 0 Å². The summed E-state index contributed by atoms with van der Waals surface area (Å²) in [5.41, 5.74) is 0. The highest BCUT2D eigenvalue weighted by atomic mass is 32.2. The third-order valence-corrected chi connectivity index (χ3v) is 5.90. The number of Topliss-reactive ketones (excluding diaryl/α,β-unsaturated/α-hetero) is 1. The van der Waals surface area contributed by atoms with E-state index in [1.54, 1.807) is 6.92 Å². The predicted octanol–water partition coefficient (Wildman–Crippen LogP) is 1.74. The first-order chi connectivity index (χ1) is 8.49. The van der Waals surface area contributed by atoms with Crippen molar-refractivity contribution in [3.05, 3.63) is 0 Å². The molecule has 2 aliphatic carbocycles. The molecular weight excluding hydrogens is 248 g/mol. The summed E-state index contributed by atoms with van der Waals surface area (Å²) in [5.74, 6) is 1.16. The van der Waals surface area contributed by atoms with Crippen LogP contribution in [0.3, 0.4) is 0 Å². The molecule has 1 N–H and O–H groups in total. The molecule has 0 spiro atoms. The van der Waals surface area contributed by atoms with Crippen LogP contribution in [-0.2, 0) is 9.59 Å². The number of fused-ring (bicyclic) bond motifs is 2. The lowest BCUT2D eigenvalue weighted by molar-refractivity contribution is -0.127. The van der Waals surface area contributed by atoms with E-state index in [9.17, 15) is 9.59 Å². The van der Waals surface area contributed by atoms with Crippen molar-refractivity contribution in [3.63, 3.8) is 0 Å². The number of carbonyl (C=O) groups is 2. The summed E-state index contributed by atoms with van der Waals surface area (Å²) in [5, 5.41) is 4.04. The van der Waals surface area contributed by atoms with E-state index in [1.807, 2.05) is 0 Å². The minimum Gasteiger partial charge on any atom is -0.361 e. The van der Waals surface area contributed by atoms with Gasteiger partial charge in [0.05, 0.1) is 0 Å². The highest BCUT2D eigenvalue weighted by molar-refractivity contribution is 8.16. The zero-order chi connectivity index (χ0) is 12.9. The molecule has 2 saturated carbocycles. The Balaban J connectivity index is 1.67. The van der Waals surface area contributed by atoms with Gasteiger partial charge < -0.3 is 5.32 Å². The van der Waals surface area contributed by atoms with Gasteiger partial charge in [-0.05, 0) is 44.9 Å². The number of amides is 1. The Kier molecular flexibility index (Phi) is 2.77. The second kappa shape index (κ2) is 4.08. The topological polar surface area (TPSA) is 58.5 Å². The molecule has 4 atom stereocenters. The Morgan fingerprint density at radius 3 is 2.72 bits per heavy atom. The fraction of sp³-hybridized carbons (Fsp3) is 0.769. The molecule has 5 heteroatoms. The summed E-state index contributed by atoms with van der Waals surface area (Å²) in [6.07, 6.45) is 5.15. The van der Waals surface area contributed by atoms with E-state index in [2.05, 4.69) is 10.3 Å². The molecule has 1 aliphatic heterocycles. The van der Waals surface area contributed by atoms with Crippen molar-refractivity contribution in [2.75, 3.05) is 0 Å². The summed E-state index contributed by atoms with van der Waals surface area (Å²) in [4.78, 5) is 27.4. The normalized spacial score (nSPS) is 42.2. The van der Waals surface area contributed by atoms with Crippen LogP contribution < -0.4 is 5.32 Å². The SMILES string of the molecule is CC(=O)C1(C)SC(N[C@H]2C[C@@H]3CC[C@H]2C3)=NC1=O. The van der Waals surface area contributed by atoms with Gasteiger partial charge in [-0.2, -0.15) is 4.99 Å². The lowest BCUT2D eigenvalue weighted by Crippen LogP contribution is -2.38. The minimum absolute atomic E-state index is 0.119. The number of hydrogen-bond acceptors (Lipinski definition) is 4. The number of rotatable bonds is 2. The van der Waals surface area contributed by atoms with E-state index in [0.717, 1.165) is 11.8 Å². The molecule has 0 aromatic heterocycles. The third kappa shape index (κ3) is 1.79. The molecular formula is C13H18N2O2S. The fourth-order valence-electron chi connectivity index (χ4n) is 3.32. The zero-order valence-corrected chi connectivity index (χ0v) is 11.5. The maximum Gasteiger partial charge on any atom is 0.272 e. The van der Waals surface area contributed by atoms with Crippen molar-refractivity contribution >= 4 is 28.6 Å². The van der Waals surface area contributed by atoms with Crippen molar-refractivity contribution in [1.82, 2.24) is 5.32 Å². The van der Waals surface area contributed by atoms with E-state index in [4.69, 9.17) is 0 Å². The van der Waals surface area contributed by atoms with Gasteiger partial charge in [-0.3, -0.25) is 9.59 Å². The van der Waals surface area contributed by atoms with Crippen LogP contribution in [0.15, 0.2) is 4.99 Å². The van der Waals surface area contributed by atoms with Crippen LogP contribution in [0, 0.1) is 11.8 Å². The number of ketones is 1. The Morgan fingerprint density at radius 1 is 1.44 bits per heavy atom. The number of amidine groups is 1. The molecule has 0 saturated heterocycles. The quantitative estimate of drug-likeness (QED) is 0.773.